The number of guanidine groups is 1. The fraction of sp³-hybridized carbons (Fsp3) is 0.591. The number of primary amides is 1. The van der Waals surface area contributed by atoms with E-state index in [-0.39, 0.29) is 11.8 Å². The number of hydrogen-bond donors (Lipinski definition) is 2. The van der Waals surface area contributed by atoms with Gasteiger partial charge in [0.2, 0.25) is 5.91 Å². The lowest BCUT2D eigenvalue weighted by Gasteiger charge is -2.33. The van der Waals surface area contributed by atoms with Gasteiger partial charge in [-0.3, -0.25) is 9.79 Å². The van der Waals surface area contributed by atoms with Crippen LogP contribution in [0.15, 0.2) is 36.0 Å². The van der Waals surface area contributed by atoms with Gasteiger partial charge in [0.05, 0.1) is 5.92 Å². The van der Waals surface area contributed by atoms with Gasteiger partial charge in [-0.25, -0.2) is 4.98 Å². The second-order valence-electron chi connectivity index (χ2n) is 7.63. The lowest BCUT2D eigenvalue weighted by atomic mass is 9.97. The predicted octanol–water partition coefficient (Wildman–Crippen LogP) is 2.54. The van der Waals surface area contributed by atoms with Crippen molar-refractivity contribution in [2.75, 3.05) is 38.6 Å². The first kappa shape index (κ1) is 22.7. The average Bonchev–Trinajstić information content (AvgIpc) is 2.74. The van der Waals surface area contributed by atoms with Crippen molar-refractivity contribution < 1.29 is 4.79 Å². The van der Waals surface area contributed by atoms with Gasteiger partial charge in [-0.15, -0.1) is 6.58 Å². The molecule has 0 aromatic carbocycles. The summed E-state index contributed by atoms with van der Waals surface area (Å²) in [6, 6.07) is 4.02. The maximum absolute atomic E-state index is 11.6. The molecule has 1 unspecified atom stereocenters. The second kappa shape index (κ2) is 12.1. The fourth-order valence-corrected chi connectivity index (χ4v) is 3.73. The molecule has 1 aromatic rings. The van der Waals surface area contributed by atoms with Gasteiger partial charge in [0.25, 0.3) is 0 Å². The first-order valence-electron chi connectivity index (χ1n) is 10.6. The van der Waals surface area contributed by atoms with Gasteiger partial charge in [0.15, 0.2) is 5.96 Å². The molecule has 1 fully saturated rings. The molecule has 7 heteroatoms. The van der Waals surface area contributed by atoms with Gasteiger partial charge in [-0.2, -0.15) is 0 Å². The van der Waals surface area contributed by atoms with E-state index in [4.69, 9.17) is 5.73 Å². The van der Waals surface area contributed by atoms with Crippen molar-refractivity contribution in [3.8, 4) is 0 Å². The number of carbonyl (C=O) groups excluding carboxylic acids is 1. The third-order valence-corrected chi connectivity index (χ3v) is 5.40. The number of pyridine rings is 1. The van der Waals surface area contributed by atoms with Crippen LogP contribution in [0.3, 0.4) is 0 Å². The minimum atomic E-state index is -0.222. The summed E-state index contributed by atoms with van der Waals surface area (Å²) in [5.74, 6) is 1.47. The number of anilines is 1. The van der Waals surface area contributed by atoms with Crippen LogP contribution in [0.1, 0.15) is 44.1 Å². The van der Waals surface area contributed by atoms with Crippen LogP contribution in [0.2, 0.25) is 0 Å². The summed E-state index contributed by atoms with van der Waals surface area (Å²) in [6.07, 6.45) is 10.2. The molecule has 0 radical (unpaired) electrons. The standard InChI is InChI=1S/C22H36N6O/c1-4-5-6-7-8-14-27(3)22(24-2)26-16-18-11-9-13-25-21(18)28-15-10-12-19(17-28)20(23)29/h4,9,11,13,19H,1,5-8,10,12,14-17H2,2-3H3,(H2,23,29)(H,24,26). The number of hydrogen-bond acceptors (Lipinski definition) is 4. The molecule has 2 heterocycles. The van der Waals surface area contributed by atoms with E-state index in [0.29, 0.717) is 13.1 Å². The molecule has 1 amide bonds. The normalized spacial score (nSPS) is 17.1. The molecule has 0 spiro atoms. The summed E-state index contributed by atoms with van der Waals surface area (Å²) < 4.78 is 0. The Bertz CT molecular complexity index is 690. The number of amides is 1. The first-order valence-corrected chi connectivity index (χ1v) is 10.6. The van der Waals surface area contributed by atoms with Gasteiger partial charge in [-0.05, 0) is 38.2 Å². The van der Waals surface area contributed by atoms with Crippen LogP contribution < -0.4 is 16.0 Å². The highest BCUT2D eigenvalue weighted by atomic mass is 16.1. The lowest BCUT2D eigenvalue weighted by Crippen LogP contribution is -2.42. The van der Waals surface area contributed by atoms with Gasteiger partial charge in [-0.1, -0.05) is 18.6 Å². The zero-order valence-electron chi connectivity index (χ0n) is 17.9. The molecule has 1 aliphatic heterocycles. The van der Waals surface area contributed by atoms with Crippen molar-refractivity contribution in [1.29, 1.82) is 0 Å². The summed E-state index contributed by atoms with van der Waals surface area (Å²) >= 11 is 0. The molecular weight excluding hydrogens is 364 g/mol. The van der Waals surface area contributed by atoms with Crippen molar-refractivity contribution >= 4 is 17.7 Å². The van der Waals surface area contributed by atoms with Crippen molar-refractivity contribution in [1.82, 2.24) is 15.2 Å². The largest absolute Gasteiger partial charge is 0.369 e. The van der Waals surface area contributed by atoms with Crippen LogP contribution in [0.5, 0.6) is 0 Å². The second-order valence-corrected chi connectivity index (χ2v) is 7.63. The van der Waals surface area contributed by atoms with E-state index in [9.17, 15) is 4.79 Å². The van der Waals surface area contributed by atoms with Crippen LogP contribution in [0.25, 0.3) is 0 Å². The first-order chi connectivity index (χ1) is 14.1. The number of nitrogens with one attached hydrogen (secondary N) is 1. The fourth-order valence-electron chi connectivity index (χ4n) is 3.73. The number of carbonyl (C=O) groups is 1. The Morgan fingerprint density at radius 3 is 3.03 bits per heavy atom. The molecule has 0 bridgehead atoms. The maximum atomic E-state index is 11.6. The van der Waals surface area contributed by atoms with E-state index < -0.39 is 0 Å². The number of allylic oxidation sites excluding steroid dienone is 1. The summed E-state index contributed by atoms with van der Waals surface area (Å²) in [7, 11) is 3.87. The van der Waals surface area contributed by atoms with E-state index in [1.807, 2.05) is 19.2 Å². The molecule has 3 N–H and O–H groups in total. The van der Waals surface area contributed by atoms with Crippen LogP contribution >= 0.6 is 0 Å². The van der Waals surface area contributed by atoms with E-state index in [1.54, 1.807) is 6.20 Å². The van der Waals surface area contributed by atoms with E-state index >= 15 is 0 Å². The van der Waals surface area contributed by atoms with Gasteiger partial charge in [0, 0.05) is 52.0 Å². The van der Waals surface area contributed by atoms with Crippen LogP contribution in [-0.4, -0.2) is 55.5 Å². The quantitative estimate of drug-likeness (QED) is 0.273. The van der Waals surface area contributed by atoms with Crippen molar-refractivity contribution in [2.24, 2.45) is 16.6 Å². The zero-order chi connectivity index (χ0) is 21.1. The summed E-state index contributed by atoms with van der Waals surface area (Å²) in [6.45, 7) is 6.90. The topological polar surface area (TPSA) is 86.8 Å². The Labute approximate surface area is 175 Å². The van der Waals surface area contributed by atoms with Crippen molar-refractivity contribution in [3.63, 3.8) is 0 Å². The minimum absolute atomic E-state index is 0.105. The number of piperidine rings is 1. The Kier molecular flexibility index (Phi) is 9.47. The van der Waals surface area contributed by atoms with Crippen LogP contribution in [0, 0.1) is 5.92 Å². The Hall–Kier alpha value is -2.57. The Morgan fingerprint density at radius 1 is 1.48 bits per heavy atom. The van der Waals surface area contributed by atoms with Crippen molar-refractivity contribution in [2.45, 2.75) is 45.1 Å². The van der Waals surface area contributed by atoms with Gasteiger partial charge < -0.3 is 20.9 Å². The summed E-state index contributed by atoms with van der Waals surface area (Å²) in [5.41, 5.74) is 6.63. The average molecular weight is 401 g/mol. The molecule has 0 saturated carbocycles. The highest BCUT2D eigenvalue weighted by molar-refractivity contribution is 5.80. The molecule has 0 aliphatic carbocycles. The number of rotatable bonds is 10. The number of nitrogens with zero attached hydrogens (tertiary/aromatic N) is 4. The Balaban J connectivity index is 1.94. The Morgan fingerprint density at radius 2 is 2.31 bits per heavy atom. The molecule has 2 rings (SSSR count). The number of nitrogens with two attached hydrogens (primary N) is 1. The molecule has 7 nitrogen and oxygen atoms in total. The molecular formula is C22H36N6O. The SMILES string of the molecule is C=CCCCCCN(C)C(=NC)NCc1cccnc1N1CCCC(C(N)=O)C1. The smallest absolute Gasteiger partial charge is 0.222 e. The summed E-state index contributed by atoms with van der Waals surface area (Å²) in [4.78, 5) is 25.0. The molecule has 1 aliphatic rings. The van der Waals surface area contributed by atoms with Crippen LogP contribution in [-0.2, 0) is 11.3 Å². The van der Waals surface area contributed by atoms with E-state index in [2.05, 4.69) is 44.8 Å². The molecule has 1 saturated heterocycles. The third kappa shape index (κ3) is 7.07. The van der Waals surface area contributed by atoms with Gasteiger partial charge in [0.1, 0.15) is 5.82 Å². The number of aliphatic imine (C=N–C) groups is 1. The maximum Gasteiger partial charge on any atom is 0.222 e. The number of unbranched alkanes of at least 4 members (excludes halogenated alkanes) is 3. The molecule has 29 heavy (non-hydrogen) atoms. The molecule has 1 aromatic heterocycles. The molecule has 160 valence electrons. The lowest BCUT2D eigenvalue weighted by molar-refractivity contribution is -0.122. The highest BCUT2D eigenvalue weighted by Gasteiger charge is 2.26. The van der Waals surface area contributed by atoms with E-state index in [1.165, 1.54) is 12.8 Å². The van der Waals surface area contributed by atoms with Crippen LogP contribution in [0.4, 0.5) is 5.82 Å². The highest BCUT2D eigenvalue weighted by Crippen LogP contribution is 2.24. The molecule has 1 atom stereocenters. The number of aromatic nitrogens is 1. The predicted molar refractivity (Wildman–Crippen MR) is 120 cm³/mol. The zero-order valence-corrected chi connectivity index (χ0v) is 17.9. The summed E-state index contributed by atoms with van der Waals surface area (Å²) in [5, 5.41) is 3.45. The minimum Gasteiger partial charge on any atom is -0.369 e. The van der Waals surface area contributed by atoms with Gasteiger partial charge >= 0.3 is 0 Å². The monoisotopic (exact) mass is 400 g/mol. The third-order valence-electron chi connectivity index (χ3n) is 5.40. The van der Waals surface area contributed by atoms with E-state index in [0.717, 1.165) is 56.1 Å². The van der Waals surface area contributed by atoms with Crippen molar-refractivity contribution in [3.05, 3.63) is 36.5 Å².